The van der Waals surface area contributed by atoms with Gasteiger partial charge in [0.15, 0.2) is 11.5 Å². The van der Waals surface area contributed by atoms with Gasteiger partial charge in [-0.05, 0) is 38.5 Å². The summed E-state index contributed by atoms with van der Waals surface area (Å²) in [6, 6.07) is 3.19. The minimum Gasteiger partial charge on any atom is -0.502 e. The quantitative estimate of drug-likeness (QED) is 0.880. The number of rotatable bonds is 3. The molecule has 24 heavy (non-hydrogen) atoms. The second-order valence-electron chi connectivity index (χ2n) is 6.67. The van der Waals surface area contributed by atoms with E-state index in [1.54, 1.807) is 17.0 Å². The average molecular weight is 338 g/mol. The highest BCUT2D eigenvalue weighted by molar-refractivity contribution is 5.69. The van der Waals surface area contributed by atoms with Crippen molar-refractivity contribution in [3.05, 3.63) is 17.7 Å². The summed E-state index contributed by atoms with van der Waals surface area (Å²) in [5.74, 6) is 0.550. The van der Waals surface area contributed by atoms with E-state index in [0.717, 1.165) is 5.56 Å². The molecule has 2 rings (SSSR count). The van der Waals surface area contributed by atoms with Gasteiger partial charge in [0.1, 0.15) is 5.60 Å². The molecule has 134 valence electrons. The number of nitrogens with zero attached hydrogens (tertiary/aromatic N) is 1. The Balaban J connectivity index is 2.35. The Morgan fingerprint density at radius 2 is 1.83 bits per heavy atom. The number of hydrogen-bond donors (Lipinski definition) is 2. The molecular weight excluding hydrogens is 312 g/mol. The highest BCUT2D eigenvalue weighted by atomic mass is 16.6. The molecule has 7 nitrogen and oxygen atoms in total. The Kier molecular flexibility index (Phi) is 5.43. The minimum absolute atomic E-state index is 0.0589. The van der Waals surface area contributed by atoms with Gasteiger partial charge in [-0.25, -0.2) is 4.79 Å². The Labute approximate surface area is 142 Å². The van der Waals surface area contributed by atoms with Gasteiger partial charge in [-0.3, -0.25) is 4.90 Å². The first-order valence-corrected chi connectivity index (χ1v) is 7.92. The molecule has 1 saturated heterocycles. The molecule has 0 saturated carbocycles. The molecule has 0 bridgehead atoms. The summed E-state index contributed by atoms with van der Waals surface area (Å²) in [7, 11) is 2.95. The van der Waals surface area contributed by atoms with Gasteiger partial charge in [-0.1, -0.05) is 0 Å². The van der Waals surface area contributed by atoms with Crippen LogP contribution in [0, 0.1) is 0 Å². The molecule has 7 heteroatoms. The van der Waals surface area contributed by atoms with Crippen molar-refractivity contribution >= 4 is 6.09 Å². The summed E-state index contributed by atoms with van der Waals surface area (Å²) < 4.78 is 15.9. The van der Waals surface area contributed by atoms with Crippen LogP contribution >= 0.6 is 0 Å². The number of hydrogen-bond acceptors (Lipinski definition) is 6. The van der Waals surface area contributed by atoms with E-state index in [0.29, 0.717) is 31.1 Å². The third-order valence-electron chi connectivity index (χ3n) is 3.76. The zero-order chi connectivity index (χ0) is 17.9. The Hall–Kier alpha value is -2.15. The van der Waals surface area contributed by atoms with Crippen LogP contribution in [-0.2, 0) is 4.74 Å². The van der Waals surface area contributed by atoms with Crippen molar-refractivity contribution < 1.29 is 24.1 Å². The predicted molar refractivity (Wildman–Crippen MR) is 89.8 cm³/mol. The number of piperazine rings is 1. The highest BCUT2D eigenvalue weighted by Crippen LogP contribution is 2.40. The van der Waals surface area contributed by atoms with E-state index in [4.69, 9.17) is 14.2 Å². The lowest BCUT2D eigenvalue weighted by atomic mass is 10.0. The maximum atomic E-state index is 12.5. The van der Waals surface area contributed by atoms with Crippen LogP contribution in [0.2, 0.25) is 0 Å². The van der Waals surface area contributed by atoms with Crippen molar-refractivity contribution in [1.29, 1.82) is 0 Å². The number of methoxy groups -OCH3 is 2. The lowest BCUT2D eigenvalue weighted by Crippen LogP contribution is -2.50. The lowest BCUT2D eigenvalue weighted by Gasteiger charge is -2.37. The summed E-state index contributed by atoms with van der Waals surface area (Å²) in [6.45, 7) is 7.33. The Morgan fingerprint density at radius 3 is 2.33 bits per heavy atom. The van der Waals surface area contributed by atoms with Crippen molar-refractivity contribution in [2.75, 3.05) is 33.9 Å². The molecule has 0 aromatic heterocycles. The van der Waals surface area contributed by atoms with Gasteiger partial charge in [0.2, 0.25) is 5.75 Å². The second kappa shape index (κ2) is 7.17. The van der Waals surface area contributed by atoms with Gasteiger partial charge >= 0.3 is 6.09 Å². The van der Waals surface area contributed by atoms with Crippen molar-refractivity contribution in [2.45, 2.75) is 32.4 Å². The average Bonchev–Trinajstić information content (AvgIpc) is 2.53. The van der Waals surface area contributed by atoms with E-state index < -0.39 is 5.60 Å². The van der Waals surface area contributed by atoms with Gasteiger partial charge in [-0.15, -0.1) is 0 Å². The monoisotopic (exact) mass is 338 g/mol. The van der Waals surface area contributed by atoms with Crippen LogP contribution in [-0.4, -0.2) is 55.6 Å². The largest absolute Gasteiger partial charge is 0.502 e. The molecule has 1 unspecified atom stereocenters. The number of benzene rings is 1. The van der Waals surface area contributed by atoms with Crippen LogP contribution in [0.5, 0.6) is 17.2 Å². The number of carbonyl (C=O) groups is 1. The summed E-state index contributed by atoms with van der Waals surface area (Å²) in [5.41, 5.74) is 0.246. The van der Waals surface area contributed by atoms with Crippen LogP contribution in [0.25, 0.3) is 0 Å². The van der Waals surface area contributed by atoms with Gasteiger partial charge in [0.25, 0.3) is 0 Å². The molecule has 1 fully saturated rings. The molecule has 1 aliphatic heterocycles. The molecule has 1 aromatic carbocycles. The maximum Gasteiger partial charge on any atom is 0.410 e. The fraction of sp³-hybridized carbons (Fsp3) is 0.588. The van der Waals surface area contributed by atoms with E-state index in [9.17, 15) is 9.90 Å². The second-order valence-corrected chi connectivity index (χ2v) is 6.67. The molecule has 1 atom stereocenters. The molecular formula is C17H26N2O5. The third kappa shape index (κ3) is 4.03. The molecule has 1 heterocycles. The van der Waals surface area contributed by atoms with Gasteiger partial charge in [0, 0.05) is 19.6 Å². The molecule has 2 N–H and O–H groups in total. The van der Waals surface area contributed by atoms with Crippen molar-refractivity contribution in [3.63, 3.8) is 0 Å². The van der Waals surface area contributed by atoms with Crippen LogP contribution < -0.4 is 14.8 Å². The minimum atomic E-state index is -0.559. The molecule has 0 aliphatic carbocycles. The van der Waals surface area contributed by atoms with E-state index in [2.05, 4.69) is 5.32 Å². The standard InChI is InChI=1S/C17H26N2O5/c1-17(2,3)24-16(21)19-7-6-18-10-12(19)11-8-13(22-4)15(20)14(9-11)23-5/h8-9,12,18,20H,6-7,10H2,1-5H3. The Bertz CT molecular complexity index is 572. The number of amides is 1. The summed E-state index contributed by atoms with van der Waals surface area (Å²) in [6.07, 6.45) is -0.361. The van der Waals surface area contributed by atoms with Crippen LogP contribution in [0.1, 0.15) is 32.4 Å². The summed E-state index contributed by atoms with van der Waals surface area (Å²) in [5, 5.41) is 13.3. The first-order chi connectivity index (χ1) is 11.3. The lowest BCUT2D eigenvalue weighted by molar-refractivity contribution is 0.0117. The molecule has 0 radical (unpaired) electrons. The fourth-order valence-electron chi connectivity index (χ4n) is 2.65. The fourth-order valence-corrected chi connectivity index (χ4v) is 2.65. The zero-order valence-electron chi connectivity index (χ0n) is 14.9. The SMILES string of the molecule is COc1cc(C2CNCCN2C(=O)OC(C)(C)C)cc(OC)c1O. The van der Waals surface area contributed by atoms with E-state index in [1.165, 1.54) is 14.2 Å². The number of carbonyl (C=O) groups excluding carboxylic acids is 1. The van der Waals surface area contributed by atoms with Crippen molar-refractivity contribution in [1.82, 2.24) is 10.2 Å². The van der Waals surface area contributed by atoms with E-state index in [-0.39, 0.29) is 17.9 Å². The molecule has 1 aliphatic rings. The van der Waals surface area contributed by atoms with Gasteiger partial charge in [0.05, 0.1) is 20.3 Å². The van der Waals surface area contributed by atoms with Crippen LogP contribution in [0.4, 0.5) is 4.79 Å². The topological polar surface area (TPSA) is 80.3 Å². The van der Waals surface area contributed by atoms with Crippen LogP contribution in [0.15, 0.2) is 12.1 Å². The molecule has 0 spiro atoms. The number of phenolic OH excluding ortho intramolecular Hbond substituents is 1. The van der Waals surface area contributed by atoms with Crippen molar-refractivity contribution in [2.24, 2.45) is 0 Å². The number of nitrogens with one attached hydrogen (secondary N) is 1. The smallest absolute Gasteiger partial charge is 0.410 e. The van der Waals surface area contributed by atoms with E-state index >= 15 is 0 Å². The predicted octanol–water partition coefficient (Wildman–Crippen LogP) is 2.29. The van der Waals surface area contributed by atoms with Crippen molar-refractivity contribution in [3.8, 4) is 17.2 Å². The maximum absolute atomic E-state index is 12.5. The highest BCUT2D eigenvalue weighted by Gasteiger charge is 2.32. The van der Waals surface area contributed by atoms with Gasteiger partial charge < -0.3 is 24.6 Å². The first-order valence-electron chi connectivity index (χ1n) is 7.92. The molecule has 1 aromatic rings. The summed E-state index contributed by atoms with van der Waals surface area (Å²) in [4.78, 5) is 14.2. The van der Waals surface area contributed by atoms with Crippen LogP contribution in [0.3, 0.4) is 0 Å². The number of phenols is 1. The van der Waals surface area contributed by atoms with E-state index in [1.807, 2.05) is 20.8 Å². The number of ether oxygens (including phenoxy) is 3. The third-order valence-corrected chi connectivity index (χ3v) is 3.76. The molecule has 1 amide bonds. The number of aromatic hydroxyl groups is 1. The first kappa shape index (κ1) is 18.2. The Morgan fingerprint density at radius 1 is 1.25 bits per heavy atom. The normalized spacial score (nSPS) is 18.2. The summed E-state index contributed by atoms with van der Waals surface area (Å²) >= 11 is 0. The van der Waals surface area contributed by atoms with Gasteiger partial charge in [-0.2, -0.15) is 0 Å². The zero-order valence-corrected chi connectivity index (χ0v) is 14.9.